The number of fused-ring (bicyclic) bond motifs is 1. The Kier molecular flexibility index (Phi) is 4.01. The topological polar surface area (TPSA) is 63.4 Å². The zero-order chi connectivity index (χ0) is 14.9. The van der Waals surface area contributed by atoms with Crippen molar-refractivity contribution in [2.75, 3.05) is 10.8 Å². The van der Waals surface area contributed by atoms with Crippen LogP contribution >= 0.6 is 11.3 Å². The van der Waals surface area contributed by atoms with E-state index in [4.69, 9.17) is 5.73 Å². The van der Waals surface area contributed by atoms with Gasteiger partial charge in [-0.15, -0.1) is 11.3 Å². The molecule has 0 bridgehead atoms. The van der Waals surface area contributed by atoms with Crippen LogP contribution < -0.4 is 10.0 Å². The van der Waals surface area contributed by atoms with E-state index in [0.717, 1.165) is 36.1 Å². The average Bonchev–Trinajstić information content (AvgIpc) is 2.87. The summed E-state index contributed by atoms with van der Waals surface area (Å²) in [5, 5.41) is 1.82. The van der Waals surface area contributed by atoms with Crippen LogP contribution in [-0.4, -0.2) is 15.0 Å². The minimum Gasteiger partial charge on any atom is -0.326 e. The number of nitrogens with zero attached hydrogens (tertiary/aromatic N) is 1. The molecule has 1 aliphatic heterocycles. The molecule has 0 amide bonds. The Labute approximate surface area is 129 Å². The van der Waals surface area contributed by atoms with Gasteiger partial charge in [0.25, 0.3) is 10.0 Å². The first-order chi connectivity index (χ1) is 10.1. The van der Waals surface area contributed by atoms with Crippen LogP contribution in [0.1, 0.15) is 24.0 Å². The highest BCUT2D eigenvalue weighted by atomic mass is 32.2. The summed E-state index contributed by atoms with van der Waals surface area (Å²) in [6.07, 6.45) is 2.82. The fourth-order valence-corrected chi connectivity index (χ4v) is 5.49. The molecule has 0 spiro atoms. The number of thiophene rings is 1. The Hall–Kier alpha value is -1.37. The van der Waals surface area contributed by atoms with Crippen LogP contribution in [0.3, 0.4) is 0 Å². The predicted octanol–water partition coefficient (Wildman–Crippen LogP) is 2.74. The molecule has 2 N–H and O–H groups in total. The lowest BCUT2D eigenvalue weighted by Crippen LogP contribution is -2.31. The number of para-hydroxylation sites is 1. The van der Waals surface area contributed by atoms with Crippen molar-refractivity contribution in [3.05, 3.63) is 46.8 Å². The lowest BCUT2D eigenvalue weighted by molar-refractivity contribution is 0.591. The van der Waals surface area contributed by atoms with Gasteiger partial charge in [-0.3, -0.25) is 4.31 Å². The fourth-order valence-electron chi connectivity index (χ4n) is 2.61. The monoisotopic (exact) mass is 322 g/mol. The molecule has 1 aromatic heterocycles. The van der Waals surface area contributed by atoms with Crippen LogP contribution in [0.5, 0.6) is 0 Å². The van der Waals surface area contributed by atoms with Crippen molar-refractivity contribution in [2.45, 2.75) is 30.0 Å². The van der Waals surface area contributed by atoms with Crippen LogP contribution in [0, 0.1) is 0 Å². The molecule has 21 heavy (non-hydrogen) atoms. The Balaban J connectivity index is 2.06. The number of sulfonamides is 1. The number of nitrogens with two attached hydrogens (primary N) is 1. The molecule has 1 aliphatic rings. The number of hydrogen-bond donors (Lipinski definition) is 1. The van der Waals surface area contributed by atoms with Crippen molar-refractivity contribution in [3.8, 4) is 0 Å². The minimum atomic E-state index is -3.49. The molecular weight excluding hydrogens is 304 g/mol. The van der Waals surface area contributed by atoms with Crippen molar-refractivity contribution in [1.82, 2.24) is 0 Å². The van der Waals surface area contributed by atoms with Gasteiger partial charge in [0, 0.05) is 13.1 Å². The summed E-state index contributed by atoms with van der Waals surface area (Å²) in [5.74, 6) is 0. The van der Waals surface area contributed by atoms with Gasteiger partial charge in [-0.05, 0) is 47.9 Å². The normalized spacial score (nSPS) is 15.6. The van der Waals surface area contributed by atoms with Crippen molar-refractivity contribution >= 4 is 27.0 Å². The van der Waals surface area contributed by atoms with Gasteiger partial charge >= 0.3 is 0 Å². The van der Waals surface area contributed by atoms with Gasteiger partial charge in [0.2, 0.25) is 0 Å². The fraction of sp³-hybridized carbons (Fsp3) is 0.333. The molecule has 6 heteroatoms. The molecule has 4 nitrogen and oxygen atoms in total. The molecule has 0 unspecified atom stereocenters. The van der Waals surface area contributed by atoms with Gasteiger partial charge in [0.05, 0.1) is 5.69 Å². The van der Waals surface area contributed by atoms with Crippen LogP contribution in [0.4, 0.5) is 5.69 Å². The van der Waals surface area contributed by atoms with Gasteiger partial charge in [0.1, 0.15) is 4.21 Å². The smallest absolute Gasteiger partial charge is 0.273 e. The molecule has 1 aromatic carbocycles. The summed E-state index contributed by atoms with van der Waals surface area (Å²) in [6.45, 7) is 0.901. The summed E-state index contributed by atoms with van der Waals surface area (Å²) >= 11 is 1.25. The second-order valence-electron chi connectivity index (χ2n) is 5.14. The summed E-state index contributed by atoms with van der Waals surface area (Å²) in [4.78, 5) is 0. The zero-order valence-electron chi connectivity index (χ0n) is 11.7. The highest BCUT2D eigenvalue weighted by Gasteiger charge is 2.29. The average molecular weight is 322 g/mol. The lowest BCUT2D eigenvalue weighted by atomic mass is 10.1. The SMILES string of the molecule is NCc1csc(S(=O)(=O)N2CCCCc3ccccc32)c1. The third kappa shape index (κ3) is 2.71. The summed E-state index contributed by atoms with van der Waals surface area (Å²) in [7, 11) is -3.49. The largest absolute Gasteiger partial charge is 0.326 e. The van der Waals surface area contributed by atoms with Crippen LogP contribution in [0.15, 0.2) is 39.9 Å². The Morgan fingerprint density at radius 2 is 2.05 bits per heavy atom. The number of benzene rings is 1. The maximum absolute atomic E-state index is 12.9. The molecule has 0 fully saturated rings. The third-order valence-electron chi connectivity index (χ3n) is 3.73. The van der Waals surface area contributed by atoms with E-state index in [0.29, 0.717) is 17.3 Å². The zero-order valence-corrected chi connectivity index (χ0v) is 13.3. The quantitative estimate of drug-likeness (QED) is 0.945. The Bertz CT molecular complexity index is 738. The molecule has 3 rings (SSSR count). The van der Waals surface area contributed by atoms with Crippen LogP contribution in [0.25, 0.3) is 0 Å². The molecule has 2 heterocycles. The van der Waals surface area contributed by atoms with E-state index < -0.39 is 10.0 Å². The highest BCUT2D eigenvalue weighted by molar-refractivity contribution is 7.94. The summed E-state index contributed by atoms with van der Waals surface area (Å²) in [5.41, 5.74) is 8.37. The molecule has 0 saturated heterocycles. The van der Waals surface area contributed by atoms with Crippen LogP contribution in [-0.2, 0) is 23.0 Å². The standard InChI is InChI=1S/C15H18N2O2S2/c16-10-12-9-15(20-11-12)21(18,19)17-8-4-3-6-13-5-1-2-7-14(13)17/h1-2,5,7,9,11H,3-4,6,8,10,16H2. The van der Waals surface area contributed by atoms with Crippen molar-refractivity contribution in [1.29, 1.82) is 0 Å². The van der Waals surface area contributed by atoms with E-state index in [1.54, 1.807) is 10.4 Å². The van der Waals surface area contributed by atoms with E-state index in [1.165, 1.54) is 11.3 Å². The first kappa shape index (κ1) is 14.6. The van der Waals surface area contributed by atoms with E-state index >= 15 is 0 Å². The van der Waals surface area contributed by atoms with E-state index in [-0.39, 0.29) is 0 Å². The number of rotatable bonds is 3. The maximum atomic E-state index is 12.9. The first-order valence-electron chi connectivity index (χ1n) is 7.01. The molecule has 0 radical (unpaired) electrons. The lowest BCUT2D eigenvalue weighted by Gasteiger charge is -2.23. The van der Waals surface area contributed by atoms with E-state index in [2.05, 4.69) is 0 Å². The molecule has 112 valence electrons. The molecular formula is C15H18N2O2S2. The maximum Gasteiger partial charge on any atom is 0.273 e. The number of aryl methyl sites for hydroxylation is 1. The second kappa shape index (κ2) is 5.79. The first-order valence-corrected chi connectivity index (χ1v) is 9.33. The van der Waals surface area contributed by atoms with Gasteiger partial charge in [0.15, 0.2) is 0 Å². The van der Waals surface area contributed by atoms with Crippen molar-refractivity contribution in [2.24, 2.45) is 5.73 Å². The van der Waals surface area contributed by atoms with Gasteiger partial charge < -0.3 is 5.73 Å². The van der Waals surface area contributed by atoms with Crippen molar-refractivity contribution < 1.29 is 8.42 Å². The molecule has 0 saturated carbocycles. The minimum absolute atomic E-state index is 0.364. The number of hydrogen-bond acceptors (Lipinski definition) is 4. The summed E-state index contributed by atoms with van der Waals surface area (Å²) < 4.78 is 27.8. The molecule has 0 atom stereocenters. The highest BCUT2D eigenvalue weighted by Crippen LogP contribution is 2.33. The van der Waals surface area contributed by atoms with Gasteiger partial charge in [-0.25, -0.2) is 8.42 Å². The van der Waals surface area contributed by atoms with Crippen LogP contribution in [0.2, 0.25) is 0 Å². The summed E-state index contributed by atoms with van der Waals surface area (Å²) in [6, 6.07) is 9.46. The molecule has 2 aromatic rings. The Morgan fingerprint density at radius 3 is 2.81 bits per heavy atom. The Morgan fingerprint density at radius 1 is 1.24 bits per heavy atom. The van der Waals surface area contributed by atoms with Gasteiger partial charge in [-0.1, -0.05) is 18.2 Å². The molecule has 0 aliphatic carbocycles. The third-order valence-corrected chi connectivity index (χ3v) is 7.00. The number of anilines is 1. The van der Waals surface area contributed by atoms with Crippen molar-refractivity contribution in [3.63, 3.8) is 0 Å². The predicted molar refractivity (Wildman–Crippen MR) is 86.1 cm³/mol. The van der Waals surface area contributed by atoms with E-state index in [9.17, 15) is 8.42 Å². The van der Waals surface area contributed by atoms with Gasteiger partial charge in [-0.2, -0.15) is 0 Å². The van der Waals surface area contributed by atoms with E-state index in [1.807, 2.05) is 29.6 Å². The second-order valence-corrected chi connectivity index (χ2v) is 8.14.